The molecule has 2 N–H and O–H groups in total. The van der Waals surface area contributed by atoms with Gasteiger partial charge in [-0.15, -0.1) is 11.3 Å². The summed E-state index contributed by atoms with van der Waals surface area (Å²) in [6.07, 6.45) is 3.65. The van der Waals surface area contributed by atoms with Crippen molar-refractivity contribution in [3.63, 3.8) is 0 Å². The molecule has 0 aliphatic heterocycles. The molecule has 0 aliphatic rings. The number of nitrogens with two attached hydrogens (primary N) is 1. The standard InChI is InChI=1S/C10H9N3OS/c11-9(14)4-10-13-8(6-15-10)7-2-1-3-12-5-7/h1-3,5-6H,4H2,(H2,11,14). The van der Waals surface area contributed by atoms with E-state index in [1.807, 2.05) is 17.5 Å². The topological polar surface area (TPSA) is 68.9 Å². The van der Waals surface area contributed by atoms with Crippen LogP contribution in [0.2, 0.25) is 0 Å². The van der Waals surface area contributed by atoms with E-state index < -0.39 is 0 Å². The number of nitrogens with zero attached hydrogens (tertiary/aromatic N) is 2. The van der Waals surface area contributed by atoms with Gasteiger partial charge in [0.25, 0.3) is 0 Å². The minimum atomic E-state index is -0.359. The summed E-state index contributed by atoms with van der Waals surface area (Å²) in [5, 5.41) is 2.64. The number of aromatic nitrogens is 2. The summed E-state index contributed by atoms with van der Waals surface area (Å²) >= 11 is 1.43. The number of carbonyl (C=O) groups is 1. The van der Waals surface area contributed by atoms with E-state index in [0.29, 0.717) is 0 Å². The van der Waals surface area contributed by atoms with Crippen molar-refractivity contribution >= 4 is 17.2 Å². The molecule has 2 aromatic heterocycles. The predicted molar refractivity (Wildman–Crippen MR) is 58.2 cm³/mol. The molecule has 0 unspecified atom stereocenters. The number of thiazole rings is 1. The average Bonchev–Trinajstić information content (AvgIpc) is 2.67. The fourth-order valence-electron chi connectivity index (χ4n) is 1.19. The second kappa shape index (κ2) is 4.18. The number of carbonyl (C=O) groups excluding carboxylic acids is 1. The predicted octanol–water partition coefficient (Wildman–Crippen LogP) is 1.23. The quantitative estimate of drug-likeness (QED) is 0.844. The van der Waals surface area contributed by atoms with E-state index in [2.05, 4.69) is 9.97 Å². The zero-order valence-electron chi connectivity index (χ0n) is 7.88. The summed E-state index contributed by atoms with van der Waals surface area (Å²) in [5.74, 6) is -0.359. The zero-order chi connectivity index (χ0) is 10.7. The number of pyridine rings is 1. The molecule has 0 bridgehead atoms. The van der Waals surface area contributed by atoms with Crippen LogP contribution in [0, 0.1) is 0 Å². The summed E-state index contributed by atoms with van der Waals surface area (Å²) in [6.45, 7) is 0. The highest BCUT2D eigenvalue weighted by Crippen LogP contribution is 2.20. The first-order valence-electron chi connectivity index (χ1n) is 4.39. The van der Waals surface area contributed by atoms with E-state index in [0.717, 1.165) is 16.3 Å². The van der Waals surface area contributed by atoms with Crippen molar-refractivity contribution in [2.24, 2.45) is 5.73 Å². The molecule has 2 rings (SSSR count). The number of primary amides is 1. The van der Waals surface area contributed by atoms with Gasteiger partial charge in [0, 0.05) is 23.3 Å². The number of rotatable bonds is 3. The van der Waals surface area contributed by atoms with Crippen molar-refractivity contribution in [1.29, 1.82) is 0 Å². The van der Waals surface area contributed by atoms with Crippen molar-refractivity contribution in [2.45, 2.75) is 6.42 Å². The number of hydrogen-bond acceptors (Lipinski definition) is 4. The number of hydrogen-bond donors (Lipinski definition) is 1. The average molecular weight is 219 g/mol. The Morgan fingerprint density at radius 3 is 3.07 bits per heavy atom. The van der Waals surface area contributed by atoms with Crippen molar-refractivity contribution in [1.82, 2.24) is 9.97 Å². The minimum absolute atomic E-state index is 0.199. The Kier molecular flexibility index (Phi) is 2.73. The Morgan fingerprint density at radius 1 is 1.53 bits per heavy atom. The monoisotopic (exact) mass is 219 g/mol. The molecule has 0 spiro atoms. The lowest BCUT2D eigenvalue weighted by molar-refractivity contribution is -0.117. The maximum absolute atomic E-state index is 10.7. The largest absolute Gasteiger partial charge is 0.369 e. The molecular formula is C10H9N3OS. The van der Waals surface area contributed by atoms with Gasteiger partial charge in [0.05, 0.1) is 12.1 Å². The molecule has 0 radical (unpaired) electrons. The molecule has 4 nitrogen and oxygen atoms in total. The van der Waals surface area contributed by atoms with Gasteiger partial charge in [-0.2, -0.15) is 0 Å². The highest BCUT2D eigenvalue weighted by atomic mass is 32.1. The first kappa shape index (κ1) is 9.79. The van der Waals surface area contributed by atoms with E-state index in [9.17, 15) is 4.79 Å². The highest BCUT2D eigenvalue weighted by Gasteiger charge is 2.06. The summed E-state index contributed by atoms with van der Waals surface area (Å²) in [5.41, 5.74) is 6.87. The molecule has 0 aliphatic carbocycles. The van der Waals surface area contributed by atoms with Crippen LogP contribution in [0.25, 0.3) is 11.3 Å². The Hall–Kier alpha value is -1.75. The van der Waals surface area contributed by atoms with Gasteiger partial charge in [0.15, 0.2) is 0 Å². The van der Waals surface area contributed by atoms with E-state index in [-0.39, 0.29) is 12.3 Å². The van der Waals surface area contributed by atoms with Gasteiger partial charge in [-0.05, 0) is 12.1 Å². The lowest BCUT2D eigenvalue weighted by atomic mass is 10.2. The first-order chi connectivity index (χ1) is 7.25. The highest BCUT2D eigenvalue weighted by molar-refractivity contribution is 7.10. The van der Waals surface area contributed by atoms with Crippen LogP contribution in [-0.2, 0) is 11.2 Å². The molecule has 0 aromatic carbocycles. The van der Waals surface area contributed by atoms with Crippen LogP contribution < -0.4 is 5.73 Å². The van der Waals surface area contributed by atoms with Crippen LogP contribution in [0.5, 0.6) is 0 Å². The van der Waals surface area contributed by atoms with Crippen molar-refractivity contribution in [3.05, 3.63) is 34.9 Å². The maximum Gasteiger partial charge on any atom is 0.224 e. The summed E-state index contributed by atoms with van der Waals surface area (Å²) in [4.78, 5) is 19.0. The van der Waals surface area contributed by atoms with Gasteiger partial charge in [-0.1, -0.05) is 0 Å². The van der Waals surface area contributed by atoms with Gasteiger partial charge in [-0.3, -0.25) is 9.78 Å². The van der Waals surface area contributed by atoms with Crippen molar-refractivity contribution in [2.75, 3.05) is 0 Å². The first-order valence-corrected chi connectivity index (χ1v) is 5.27. The summed E-state index contributed by atoms with van der Waals surface area (Å²) in [7, 11) is 0. The third-order valence-electron chi connectivity index (χ3n) is 1.83. The van der Waals surface area contributed by atoms with Gasteiger partial charge in [0.2, 0.25) is 5.91 Å². The third-order valence-corrected chi connectivity index (χ3v) is 2.68. The molecule has 0 saturated heterocycles. The number of amides is 1. The Bertz CT molecular complexity index is 467. The SMILES string of the molecule is NC(=O)Cc1nc(-c2cccnc2)cs1. The molecule has 1 amide bonds. The van der Waals surface area contributed by atoms with Gasteiger partial charge >= 0.3 is 0 Å². The van der Waals surface area contributed by atoms with Crippen LogP contribution in [0.15, 0.2) is 29.9 Å². The molecule has 0 saturated carbocycles. The van der Waals surface area contributed by atoms with E-state index in [1.165, 1.54) is 11.3 Å². The van der Waals surface area contributed by atoms with Crippen LogP contribution >= 0.6 is 11.3 Å². The molecule has 76 valence electrons. The van der Waals surface area contributed by atoms with Crippen molar-refractivity contribution < 1.29 is 4.79 Å². The Balaban J connectivity index is 2.24. The van der Waals surface area contributed by atoms with Gasteiger partial charge in [0.1, 0.15) is 5.01 Å². The van der Waals surface area contributed by atoms with Gasteiger partial charge < -0.3 is 5.73 Å². The van der Waals surface area contributed by atoms with E-state index in [1.54, 1.807) is 12.4 Å². The van der Waals surface area contributed by atoms with Crippen LogP contribution in [-0.4, -0.2) is 15.9 Å². The zero-order valence-corrected chi connectivity index (χ0v) is 8.70. The van der Waals surface area contributed by atoms with Gasteiger partial charge in [-0.25, -0.2) is 4.98 Å². The Morgan fingerprint density at radius 2 is 2.40 bits per heavy atom. The minimum Gasteiger partial charge on any atom is -0.369 e. The maximum atomic E-state index is 10.7. The fourth-order valence-corrected chi connectivity index (χ4v) is 2.00. The van der Waals surface area contributed by atoms with Crippen LogP contribution in [0.4, 0.5) is 0 Å². The molecule has 0 fully saturated rings. The lowest BCUT2D eigenvalue weighted by Crippen LogP contribution is -2.13. The molecule has 2 aromatic rings. The molecule has 15 heavy (non-hydrogen) atoms. The summed E-state index contributed by atoms with van der Waals surface area (Å²) in [6, 6.07) is 3.78. The molecule has 5 heteroatoms. The van der Waals surface area contributed by atoms with Crippen LogP contribution in [0.1, 0.15) is 5.01 Å². The fraction of sp³-hybridized carbons (Fsp3) is 0.100. The second-order valence-corrected chi connectivity index (χ2v) is 3.95. The Labute approximate surface area is 90.8 Å². The molecule has 2 heterocycles. The summed E-state index contributed by atoms with van der Waals surface area (Å²) < 4.78 is 0. The third kappa shape index (κ3) is 2.38. The van der Waals surface area contributed by atoms with Crippen LogP contribution in [0.3, 0.4) is 0 Å². The van der Waals surface area contributed by atoms with Crippen molar-refractivity contribution in [3.8, 4) is 11.3 Å². The van der Waals surface area contributed by atoms with E-state index >= 15 is 0 Å². The smallest absolute Gasteiger partial charge is 0.224 e. The second-order valence-electron chi connectivity index (χ2n) is 3.01. The molecule has 0 atom stereocenters. The normalized spacial score (nSPS) is 10.1. The van der Waals surface area contributed by atoms with E-state index in [4.69, 9.17) is 5.73 Å². The lowest BCUT2D eigenvalue weighted by Gasteiger charge is -1.93. The molecular weight excluding hydrogens is 210 g/mol.